The summed E-state index contributed by atoms with van der Waals surface area (Å²) in [7, 11) is 0. The Morgan fingerprint density at radius 3 is 2.72 bits per heavy atom. The maximum Gasteiger partial charge on any atom is 0.274 e. The van der Waals surface area contributed by atoms with E-state index in [1.807, 2.05) is 0 Å². The second kappa shape index (κ2) is 8.86. The zero-order valence-electron chi connectivity index (χ0n) is 16.7. The number of imidazole rings is 1. The van der Waals surface area contributed by atoms with Crippen LogP contribution >= 0.6 is 0 Å². The number of aromatic hydroxyl groups is 1. The molecule has 4 N–H and O–H groups in total. The number of aliphatic hydroxyl groups is 1. The molecule has 1 unspecified atom stereocenters. The number of carbonyl (C=O) groups excluding carboxylic acids is 2. The molecule has 2 aromatic carbocycles. The lowest BCUT2D eigenvalue weighted by molar-refractivity contribution is 0.0915. The van der Waals surface area contributed by atoms with Crippen molar-refractivity contribution in [3.05, 3.63) is 95.7 Å². The molecule has 162 valence electrons. The molecule has 9 heteroatoms. The first-order valence-electron chi connectivity index (χ1n) is 9.70. The number of phenols is 1. The SMILES string of the molecule is O=C(NCC(O)c1cccc(O)c1)c1ccc(F)c(NC(=O)c2cnc3ccccn23)c1. The molecule has 4 rings (SSSR count). The number of phenolic OH excluding ortho intramolecular Hbond substituents is 1. The van der Waals surface area contributed by atoms with Gasteiger partial charge in [0.05, 0.1) is 18.0 Å². The van der Waals surface area contributed by atoms with Gasteiger partial charge in [-0.25, -0.2) is 9.37 Å². The summed E-state index contributed by atoms with van der Waals surface area (Å²) in [6, 6.07) is 14.9. The van der Waals surface area contributed by atoms with E-state index in [1.165, 1.54) is 30.5 Å². The van der Waals surface area contributed by atoms with Crippen molar-refractivity contribution in [2.24, 2.45) is 0 Å². The molecular weight excluding hydrogens is 415 g/mol. The standard InChI is InChI=1S/C23H19FN4O4/c24-17-8-7-15(22(31)26-13-20(30)14-4-3-5-16(29)10-14)11-18(17)27-23(32)19-12-25-21-6-1-2-9-28(19)21/h1-12,20,29-30H,13H2,(H,26,31)(H,27,32). The van der Waals surface area contributed by atoms with E-state index in [2.05, 4.69) is 15.6 Å². The number of fused-ring (bicyclic) bond motifs is 1. The van der Waals surface area contributed by atoms with Gasteiger partial charge in [0.25, 0.3) is 11.8 Å². The summed E-state index contributed by atoms with van der Waals surface area (Å²) in [6.45, 7) is -0.122. The lowest BCUT2D eigenvalue weighted by atomic mass is 10.1. The molecule has 2 amide bonds. The molecule has 2 aromatic heterocycles. The first kappa shape index (κ1) is 21.0. The fraction of sp³-hybridized carbons (Fsp3) is 0.0870. The van der Waals surface area contributed by atoms with Crippen LogP contribution < -0.4 is 10.6 Å². The van der Waals surface area contributed by atoms with Crippen molar-refractivity contribution < 1.29 is 24.2 Å². The van der Waals surface area contributed by atoms with Crippen molar-refractivity contribution in [3.8, 4) is 5.75 Å². The van der Waals surface area contributed by atoms with Gasteiger partial charge in [0.15, 0.2) is 0 Å². The maximum atomic E-state index is 14.3. The van der Waals surface area contributed by atoms with Crippen molar-refractivity contribution in [3.63, 3.8) is 0 Å². The van der Waals surface area contributed by atoms with Gasteiger partial charge in [-0.15, -0.1) is 0 Å². The van der Waals surface area contributed by atoms with Crippen molar-refractivity contribution in [2.75, 3.05) is 11.9 Å². The van der Waals surface area contributed by atoms with E-state index in [1.54, 1.807) is 40.9 Å². The number of aliphatic hydroxyl groups excluding tert-OH is 1. The fourth-order valence-electron chi connectivity index (χ4n) is 3.19. The van der Waals surface area contributed by atoms with Crippen molar-refractivity contribution >= 4 is 23.1 Å². The number of benzene rings is 2. The van der Waals surface area contributed by atoms with Crippen LogP contribution in [0.3, 0.4) is 0 Å². The van der Waals surface area contributed by atoms with Crippen LogP contribution in [0.15, 0.2) is 73.1 Å². The van der Waals surface area contributed by atoms with E-state index in [4.69, 9.17) is 0 Å². The number of nitrogens with zero attached hydrogens (tertiary/aromatic N) is 2. The lowest BCUT2D eigenvalue weighted by Crippen LogP contribution is -2.28. The van der Waals surface area contributed by atoms with Crippen LogP contribution in [0.2, 0.25) is 0 Å². The minimum absolute atomic E-state index is 0.00208. The summed E-state index contributed by atoms with van der Waals surface area (Å²) in [5.74, 6) is -1.85. The summed E-state index contributed by atoms with van der Waals surface area (Å²) in [5, 5.41) is 24.7. The van der Waals surface area contributed by atoms with Gasteiger partial charge in [-0.3, -0.25) is 14.0 Å². The Labute approximate surface area is 182 Å². The Morgan fingerprint density at radius 1 is 1.06 bits per heavy atom. The predicted molar refractivity (Wildman–Crippen MR) is 115 cm³/mol. The molecule has 0 fully saturated rings. The Kier molecular flexibility index (Phi) is 5.82. The molecule has 32 heavy (non-hydrogen) atoms. The zero-order valence-corrected chi connectivity index (χ0v) is 16.7. The number of anilines is 1. The molecule has 0 aliphatic rings. The molecule has 0 spiro atoms. The molecule has 8 nitrogen and oxygen atoms in total. The van der Waals surface area contributed by atoms with Crippen LogP contribution in [0, 0.1) is 5.82 Å². The van der Waals surface area contributed by atoms with Crippen LogP contribution in [0.4, 0.5) is 10.1 Å². The molecule has 2 heterocycles. The summed E-state index contributed by atoms with van der Waals surface area (Å²) >= 11 is 0. The second-order valence-corrected chi connectivity index (χ2v) is 7.04. The van der Waals surface area contributed by atoms with Gasteiger partial charge < -0.3 is 20.8 Å². The van der Waals surface area contributed by atoms with Gasteiger partial charge in [0.2, 0.25) is 0 Å². The molecule has 0 bridgehead atoms. The number of halogens is 1. The van der Waals surface area contributed by atoms with Crippen molar-refractivity contribution in [2.45, 2.75) is 6.10 Å². The number of nitrogens with one attached hydrogen (secondary N) is 2. The largest absolute Gasteiger partial charge is 0.508 e. The highest BCUT2D eigenvalue weighted by molar-refractivity contribution is 6.04. The quantitative estimate of drug-likeness (QED) is 0.372. The van der Waals surface area contributed by atoms with Gasteiger partial charge in [0, 0.05) is 18.3 Å². The average molecular weight is 434 g/mol. The zero-order chi connectivity index (χ0) is 22.7. The van der Waals surface area contributed by atoms with Crippen molar-refractivity contribution in [1.82, 2.24) is 14.7 Å². The van der Waals surface area contributed by atoms with Crippen molar-refractivity contribution in [1.29, 1.82) is 0 Å². The van der Waals surface area contributed by atoms with Gasteiger partial charge in [-0.05, 0) is 48.0 Å². The lowest BCUT2D eigenvalue weighted by Gasteiger charge is -2.13. The molecule has 0 aliphatic carbocycles. The highest BCUT2D eigenvalue weighted by Crippen LogP contribution is 2.20. The molecule has 0 saturated carbocycles. The number of rotatable bonds is 6. The van der Waals surface area contributed by atoms with E-state index in [0.717, 1.165) is 6.07 Å². The van der Waals surface area contributed by atoms with E-state index in [9.17, 15) is 24.2 Å². The Hall–Kier alpha value is -4.24. The van der Waals surface area contributed by atoms with Gasteiger partial charge in [-0.2, -0.15) is 0 Å². The summed E-state index contributed by atoms with van der Waals surface area (Å²) < 4.78 is 15.9. The Morgan fingerprint density at radius 2 is 1.91 bits per heavy atom. The van der Waals surface area contributed by atoms with E-state index < -0.39 is 23.7 Å². The molecule has 0 radical (unpaired) electrons. The number of hydrogen-bond donors (Lipinski definition) is 4. The topological polar surface area (TPSA) is 116 Å². The Bertz CT molecular complexity index is 1300. The molecule has 0 aliphatic heterocycles. The third kappa shape index (κ3) is 4.42. The van der Waals surface area contributed by atoms with Gasteiger partial charge in [0.1, 0.15) is 22.9 Å². The molecule has 1 atom stereocenters. The minimum atomic E-state index is -1.04. The number of hydrogen-bond acceptors (Lipinski definition) is 5. The predicted octanol–water partition coefficient (Wildman–Crippen LogP) is 2.89. The van der Waals surface area contributed by atoms with Crippen LogP contribution in [0.5, 0.6) is 5.75 Å². The minimum Gasteiger partial charge on any atom is -0.508 e. The highest BCUT2D eigenvalue weighted by Gasteiger charge is 2.17. The van der Waals surface area contributed by atoms with Crippen LogP contribution in [-0.4, -0.2) is 38.0 Å². The van der Waals surface area contributed by atoms with Crippen LogP contribution in [-0.2, 0) is 0 Å². The average Bonchev–Trinajstić information content (AvgIpc) is 3.23. The number of amides is 2. The van der Waals surface area contributed by atoms with Crippen LogP contribution in [0.1, 0.15) is 32.5 Å². The van der Waals surface area contributed by atoms with Gasteiger partial charge >= 0.3 is 0 Å². The van der Waals surface area contributed by atoms with Gasteiger partial charge in [-0.1, -0.05) is 18.2 Å². The van der Waals surface area contributed by atoms with E-state index >= 15 is 0 Å². The first-order chi connectivity index (χ1) is 15.4. The third-order valence-electron chi connectivity index (χ3n) is 4.84. The molecule has 0 saturated heterocycles. The maximum absolute atomic E-state index is 14.3. The molecular formula is C23H19FN4O4. The van der Waals surface area contributed by atoms with E-state index in [-0.39, 0.29) is 29.2 Å². The van der Waals surface area contributed by atoms with Crippen LogP contribution in [0.25, 0.3) is 5.65 Å². The first-order valence-corrected chi connectivity index (χ1v) is 9.70. The highest BCUT2D eigenvalue weighted by atomic mass is 19.1. The van der Waals surface area contributed by atoms with E-state index in [0.29, 0.717) is 11.2 Å². The number of pyridine rings is 1. The number of aromatic nitrogens is 2. The summed E-state index contributed by atoms with van der Waals surface area (Å²) in [6.07, 6.45) is 2.00. The monoisotopic (exact) mass is 434 g/mol. The second-order valence-electron chi connectivity index (χ2n) is 7.04. The number of carbonyl (C=O) groups is 2. The summed E-state index contributed by atoms with van der Waals surface area (Å²) in [5.41, 5.74) is 1.15. The smallest absolute Gasteiger partial charge is 0.274 e. The molecule has 4 aromatic rings. The fourth-order valence-corrected chi connectivity index (χ4v) is 3.19. The summed E-state index contributed by atoms with van der Waals surface area (Å²) in [4.78, 5) is 29.2. The Balaban J connectivity index is 1.46. The normalized spacial score (nSPS) is 11.8. The third-order valence-corrected chi connectivity index (χ3v) is 4.84.